The van der Waals surface area contributed by atoms with Crippen LogP contribution < -0.4 is 14.2 Å². The highest BCUT2D eigenvalue weighted by Crippen LogP contribution is 2.62. The molecule has 0 N–H and O–H groups in total. The van der Waals surface area contributed by atoms with Crippen molar-refractivity contribution in [2.75, 3.05) is 26.6 Å². The highest BCUT2D eigenvalue weighted by Gasteiger charge is 2.48. The van der Waals surface area contributed by atoms with E-state index in [1.165, 1.54) is 83.0 Å². The van der Waals surface area contributed by atoms with Crippen molar-refractivity contribution in [3.63, 3.8) is 0 Å². The fraction of sp³-hybridized carbons (Fsp3) is 0.364. The molecule has 2 unspecified atom stereocenters. The van der Waals surface area contributed by atoms with Crippen molar-refractivity contribution < 1.29 is 18.9 Å². The van der Waals surface area contributed by atoms with E-state index in [1.54, 1.807) is 14.2 Å². The average Bonchev–Trinajstić information content (AvgIpc) is 3.43. The third-order valence-corrected chi connectivity index (χ3v) is 12.9. The molecule has 2 aliphatic heterocycles. The Morgan fingerprint density at radius 2 is 1.63 bits per heavy atom. The van der Waals surface area contributed by atoms with Gasteiger partial charge in [0.2, 0.25) is 0 Å². The maximum atomic E-state index is 7.69. The largest absolute Gasteiger partial charge is 0.497 e. The maximum absolute atomic E-state index is 7.69. The summed E-state index contributed by atoms with van der Waals surface area (Å²) in [7, 11) is 3.50. The van der Waals surface area contributed by atoms with Crippen molar-refractivity contribution in [1.29, 1.82) is 0 Å². The van der Waals surface area contributed by atoms with Gasteiger partial charge < -0.3 is 18.9 Å². The molecule has 3 aliphatic carbocycles. The molecule has 4 aromatic carbocycles. The molecule has 0 saturated heterocycles. The van der Waals surface area contributed by atoms with Crippen LogP contribution in [0.4, 0.5) is 0 Å². The van der Waals surface area contributed by atoms with Gasteiger partial charge in [0.25, 0.3) is 0 Å². The second kappa shape index (κ2) is 11.8. The number of benzene rings is 4. The Labute approximate surface area is 294 Å². The van der Waals surface area contributed by atoms with E-state index in [0.717, 1.165) is 52.6 Å². The summed E-state index contributed by atoms with van der Waals surface area (Å²) in [6.07, 6.45) is 20.9. The molecule has 9 rings (SSSR count). The predicted octanol–water partition coefficient (Wildman–Crippen LogP) is 10.9. The topological polar surface area (TPSA) is 36.9 Å². The summed E-state index contributed by atoms with van der Waals surface area (Å²) < 4.78 is 25.5. The van der Waals surface area contributed by atoms with Gasteiger partial charge in [0.15, 0.2) is 5.60 Å². The van der Waals surface area contributed by atoms with E-state index >= 15 is 0 Å². The molecule has 1 saturated carbocycles. The third kappa shape index (κ3) is 4.76. The minimum atomic E-state index is -0.836. The van der Waals surface area contributed by atoms with E-state index in [9.17, 15) is 0 Å². The van der Waals surface area contributed by atoms with Crippen molar-refractivity contribution in [3.8, 4) is 28.4 Å². The second-order valence-corrected chi connectivity index (χ2v) is 15.7. The van der Waals surface area contributed by atoms with Gasteiger partial charge in [-0.2, -0.15) is 0 Å². The molecule has 1 spiro atoms. The summed E-state index contributed by atoms with van der Waals surface area (Å²) >= 11 is 1.90. The molecule has 1 fully saturated rings. The number of rotatable bonds is 4. The lowest BCUT2D eigenvalue weighted by molar-refractivity contribution is 0.0488. The standard InChI is InChI=1S/C44H44O4S/c1-42(46-3)22-17-30(18-23-42)44(29-13-15-31(45-2)16-14-29)24-19-33-40-39(34-28-38-37(47-25-26-49-38)27-35(34)41(33)48-44)32-11-7-8-12-36(32)43(40)20-9-5-4-6-10-21-43/h7-8,11-19,22,24,27-28H,4-6,9-10,20-21,23,25-26H2,1-3H3. The van der Waals surface area contributed by atoms with Gasteiger partial charge in [-0.1, -0.05) is 92.8 Å². The molecule has 2 atom stereocenters. The van der Waals surface area contributed by atoms with Crippen LogP contribution in [0, 0.1) is 0 Å². The van der Waals surface area contributed by atoms with Gasteiger partial charge in [-0.25, -0.2) is 0 Å². The first-order chi connectivity index (χ1) is 24.0. The van der Waals surface area contributed by atoms with Crippen LogP contribution in [-0.4, -0.2) is 32.2 Å². The summed E-state index contributed by atoms with van der Waals surface area (Å²) in [5.41, 5.74) is 7.94. The van der Waals surface area contributed by atoms with Gasteiger partial charge in [-0.3, -0.25) is 0 Å². The highest BCUT2D eigenvalue weighted by molar-refractivity contribution is 7.99. The van der Waals surface area contributed by atoms with Crippen molar-refractivity contribution in [2.24, 2.45) is 0 Å². The van der Waals surface area contributed by atoms with Gasteiger partial charge in [0.1, 0.15) is 17.2 Å². The van der Waals surface area contributed by atoms with E-state index in [2.05, 4.69) is 85.8 Å². The number of methoxy groups -OCH3 is 2. The van der Waals surface area contributed by atoms with E-state index in [4.69, 9.17) is 18.9 Å². The normalized spacial score (nSPS) is 24.8. The molecule has 5 aliphatic rings. The van der Waals surface area contributed by atoms with Crippen molar-refractivity contribution in [1.82, 2.24) is 0 Å². The Morgan fingerprint density at radius 1 is 0.837 bits per heavy atom. The van der Waals surface area contributed by atoms with E-state index in [0.29, 0.717) is 0 Å². The summed E-state index contributed by atoms with van der Waals surface area (Å²) in [5.74, 6) is 3.71. The van der Waals surface area contributed by atoms with Gasteiger partial charge in [0.05, 0.1) is 24.2 Å². The molecule has 4 nitrogen and oxygen atoms in total. The smallest absolute Gasteiger partial charge is 0.177 e. The lowest BCUT2D eigenvalue weighted by Crippen LogP contribution is -2.37. The van der Waals surface area contributed by atoms with E-state index in [1.807, 2.05) is 23.9 Å². The van der Waals surface area contributed by atoms with Crippen LogP contribution in [0.25, 0.3) is 28.0 Å². The zero-order valence-electron chi connectivity index (χ0n) is 28.8. The van der Waals surface area contributed by atoms with Crippen LogP contribution in [-0.2, 0) is 15.8 Å². The van der Waals surface area contributed by atoms with Gasteiger partial charge in [0, 0.05) is 34.8 Å². The zero-order valence-corrected chi connectivity index (χ0v) is 29.6. The Morgan fingerprint density at radius 3 is 2.39 bits per heavy atom. The van der Waals surface area contributed by atoms with Crippen LogP contribution in [0.2, 0.25) is 0 Å². The first-order valence-electron chi connectivity index (χ1n) is 18.0. The molecule has 0 aromatic heterocycles. The predicted molar refractivity (Wildman–Crippen MR) is 200 cm³/mol. The molecule has 250 valence electrons. The quantitative estimate of drug-likeness (QED) is 0.216. The lowest BCUT2D eigenvalue weighted by Gasteiger charge is -2.42. The maximum Gasteiger partial charge on any atom is 0.177 e. The second-order valence-electron chi connectivity index (χ2n) is 14.5. The lowest BCUT2D eigenvalue weighted by atomic mass is 9.67. The van der Waals surface area contributed by atoms with Crippen molar-refractivity contribution in [3.05, 3.63) is 113 Å². The number of thioether (sulfide) groups is 1. The number of hydrogen-bond donors (Lipinski definition) is 0. The van der Waals surface area contributed by atoms with Crippen molar-refractivity contribution in [2.45, 2.75) is 79.8 Å². The fourth-order valence-corrected chi connectivity index (χ4v) is 10.0. The van der Waals surface area contributed by atoms with Gasteiger partial charge >= 0.3 is 0 Å². The summed E-state index contributed by atoms with van der Waals surface area (Å²) in [6, 6.07) is 22.3. The third-order valence-electron chi connectivity index (χ3n) is 11.9. The average molecular weight is 669 g/mol. The van der Waals surface area contributed by atoms with Crippen LogP contribution in [0.15, 0.2) is 95.4 Å². The van der Waals surface area contributed by atoms with Gasteiger partial charge in [-0.05, 0) is 89.7 Å². The van der Waals surface area contributed by atoms with Crippen molar-refractivity contribution >= 4 is 28.6 Å². The Bertz CT molecular complexity index is 2050. The molecule has 0 amide bonds. The summed E-state index contributed by atoms with van der Waals surface area (Å²) in [5, 5.41) is 2.40. The van der Waals surface area contributed by atoms with Crippen LogP contribution in [0.5, 0.6) is 17.2 Å². The Hall–Kier alpha value is -3.93. The SMILES string of the molecule is COc1ccc(C2(C3=CCC(C)(OC)C=C3)C=Cc3c4c(c5cc6c(cc5c3O2)OCCS6)-c2ccccc2C42CCCCCCC2)cc1. The molecular weight excluding hydrogens is 625 g/mol. The minimum Gasteiger partial charge on any atom is -0.497 e. The molecule has 4 aromatic rings. The van der Waals surface area contributed by atoms with E-state index in [-0.39, 0.29) is 11.0 Å². The first-order valence-corrected chi connectivity index (χ1v) is 19.0. The van der Waals surface area contributed by atoms with E-state index < -0.39 is 5.60 Å². The van der Waals surface area contributed by atoms with Crippen LogP contribution in [0.1, 0.15) is 80.5 Å². The zero-order chi connectivity index (χ0) is 33.2. The molecule has 49 heavy (non-hydrogen) atoms. The Kier molecular flexibility index (Phi) is 7.51. The molecular formula is C44H44O4S. The minimum absolute atomic E-state index is 0.0394. The molecule has 0 bridgehead atoms. The molecule has 2 heterocycles. The highest BCUT2D eigenvalue weighted by atomic mass is 32.2. The number of ether oxygens (including phenoxy) is 4. The number of hydrogen-bond acceptors (Lipinski definition) is 5. The summed E-state index contributed by atoms with van der Waals surface area (Å²) in [4.78, 5) is 1.22. The Balaban J connectivity index is 1.34. The van der Waals surface area contributed by atoms with Crippen LogP contribution >= 0.6 is 11.8 Å². The number of fused-ring (bicyclic) bond motifs is 11. The molecule has 0 radical (unpaired) electrons. The first kappa shape index (κ1) is 31.1. The monoisotopic (exact) mass is 668 g/mol. The van der Waals surface area contributed by atoms with Crippen LogP contribution in [0.3, 0.4) is 0 Å². The van der Waals surface area contributed by atoms with Gasteiger partial charge in [-0.15, -0.1) is 11.8 Å². The fourth-order valence-electron chi connectivity index (χ4n) is 9.19. The molecule has 5 heteroatoms. The summed E-state index contributed by atoms with van der Waals surface area (Å²) in [6.45, 7) is 2.85.